The van der Waals surface area contributed by atoms with Crippen LogP contribution in [-0.2, 0) is 11.2 Å². The molecule has 0 spiro atoms. The Morgan fingerprint density at radius 3 is 3.11 bits per heavy atom. The topological polar surface area (TPSA) is 54.0 Å². The molecule has 1 atom stereocenters. The number of halogens is 1. The third-order valence-corrected chi connectivity index (χ3v) is 4.34. The van der Waals surface area contributed by atoms with Crippen molar-refractivity contribution in [2.45, 2.75) is 19.4 Å². The van der Waals surface area contributed by atoms with Gasteiger partial charge in [0.1, 0.15) is 0 Å². The van der Waals surface area contributed by atoms with Gasteiger partial charge < -0.3 is 10.6 Å². The van der Waals surface area contributed by atoms with E-state index < -0.39 is 0 Å². The molecule has 0 fully saturated rings. The average molecular weight is 294 g/mol. The van der Waals surface area contributed by atoms with Crippen LogP contribution in [0.2, 0.25) is 5.02 Å². The van der Waals surface area contributed by atoms with Crippen LogP contribution in [0, 0.1) is 0 Å². The summed E-state index contributed by atoms with van der Waals surface area (Å²) in [6.07, 6.45) is 2.25. The van der Waals surface area contributed by atoms with Gasteiger partial charge in [0.15, 0.2) is 0 Å². The molecule has 2 N–H and O–H groups in total. The lowest BCUT2D eigenvalue weighted by Crippen LogP contribution is -2.05. The Balaban J connectivity index is 1.86. The van der Waals surface area contributed by atoms with Crippen LogP contribution in [-0.4, -0.2) is 10.9 Å². The highest BCUT2D eigenvalue weighted by Crippen LogP contribution is 2.34. The predicted molar refractivity (Wildman–Crippen MR) is 77.9 cm³/mol. The summed E-state index contributed by atoms with van der Waals surface area (Å²) in [6, 6.07) is 3.87. The SMILES string of the molecule is CC(Nc1cc2c(cc1Cl)NC(=O)C2)c1cncs1. The first-order valence-corrected chi connectivity index (χ1v) is 7.16. The molecule has 3 rings (SSSR count). The number of anilines is 2. The number of hydrogen-bond acceptors (Lipinski definition) is 4. The van der Waals surface area contributed by atoms with Crippen LogP contribution < -0.4 is 10.6 Å². The van der Waals surface area contributed by atoms with Crippen molar-refractivity contribution in [1.29, 1.82) is 0 Å². The van der Waals surface area contributed by atoms with Gasteiger partial charge in [-0.25, -0.2) is 0 Å². The van der Waals surface area contributed by atoms with Crippen molar-refractivity contribution >= 4 is 40.2 Å². The maximum atomic E-state index is 11.4. The normalized spacial score (nSPS) is 14.9. The fourth-order valence-electron chi connectivity index (χ4n) is 2.10. The van der Waals surface area contributed by atoms with Gasteiger partial charge in [0.25, 0.3) is 0 Å². The molecule has 98 valence electrons. The number of benzene rings is 1. The zero-order chi connectivity index (χ0) is 13.4. The van der Waals surface area contributed by atoms with Gasteiger partial charge in [-0.05, 0) is 24.6 Å². The van der Waals surface area contributed by atoms with Crippen LogP contribution >= 0.6 is 22.9 Å². The van der Waals surface area contributed by atoms with Crippen molar-refractivity contribution < 1.29 is 4.79 Å². The number of hydrogen-bond donors (Lipinski definition) is 2. The molecule has 0 aliphatic carbocycles. The molecule has 2 aromatic rings. The maximum absolute atomic E-state index is 11.4. The van der Waals surface area contributed by atoms with E-state index in [4.69, 9.17) is 11.6 Å². The molecule has 1 amide bonds. The van der Waals surface area contributed by atoms with Gasteiger partial charge in [-0.1, -0.05) is 11.6 Å². The van der Waals surface area contributed by atoms with Crippen LogP contribution in [0.1, 0.15) is 23.4 Å². The smallest absolute Gasteiger partial charge is 0.228 e. The van der Waals surface area contributed by atoms with Crippen LogP contribution in [0.25, 0.3) is 0 Å². The van der Waals surface area contributed by atoms with E-state index in [-0.39, 0.29) is 11.9 Å². The molecular weight excluding hydrogens is 282 g/mol. The number of carbonyl (C=O) groups excluding carboxylic acids is 1. The monoisotopic (exact) mass is 293 g/mol. The number of amides is 1. The first-order chi connectivity index (χ1) is 9.13. The Morgan fingerprint density at radius 1 is 1.53 bits per heavy atom. The predicted octanol–water partition coefficient (Wildman–Crippen LogP) is 3.46. The molecule has 6 heteroatoms. The second-order valence-corrected chi connectivity index (χ2v) is 5.81. The van der Waals surface area contributed by atoms with Crippen LogP contribution in [0.15, 0.2) is 23.8 Å². The molecular formula is C13H12ClN3OS. The first-order valence-electron chi connectivity index (χ1n) is 5.90. The highest BCUT2D eigenvalue weighted by Gasteiger charge is 2.20. The van der Waals surface area contributed by atoms with Gasteiger partial charge in [-0.2, -0.15) is 0 Å². The van der Waals surface area contributed by atoms with Crippen LogP contribution in [0.5, 0.6) is 0 Å². The number of nitrogens with zero attached hydrogens (tertiary/aromatic N) is 1. The number of fused-ring (bicyclic) bond motifs is 1. The fraction of sp³-hybridized carbons (Fsp3) is 0.231. The highest BCUT2D eigenvalue weighted by atomic mass is 35.5. The summed E-state index contributed by atoms with van der Waals surface area (Å²) in [7, 11) is 0. The molecule has 0 radical (unpaired) electrons. The number of nitrogens with one attached hydrogen (secondary N) is 2. The summed E-state index contributed by atoms with van der Waals surface area (Å²) in [5.74, 6) is 0.0127. The minimum absolute atomic E-state index is 0.0127. The summed E-state index contributed by atoms with van der Waals surface area (Å²) in [5.41, 5.74) is 4.44. The summed E-state index contributed by atoms with van der Waals surface area (Å²) in [5, 5.41) is 6.75. The quantitative estimate of drug-likeness (QED) is 0.911. The van der Waals surface area contributed by atoms with Gasteiger partial charge in [0, 0.05) is 16.8 Å². The van der Waals surface area contributed by atoms with Crippen LogP contribution in [0.4, 0.5) is 11.4 Å². The van der Waals surface area contributed by atoms with Gasteiger partial charge in [0.05, 0.1) is 28.7 Å². The Kier molecular flexibility index (Phi) is 3.16. The van der Waals surface area contributed by atoms with E-state index in [1.54, 1.807) is 22.9 Å². The van der Waals surface area contributed by atoms with Crippen molar-refractivity contribution in [3.05, 3.63) is 39.3 Å². The lowest BCUT2D eigenvalue weighted by Gasteiger charge is -2.15. The second kappa shape index (κ2) is 4.83. The standard InChI is InChI=1S/C13H12ClN3OS/c1-7(12-5-15-6-19-12)16-11-2-8-3-13(18)17-10(8)4-9(11)14/h2,4-7,16H,3H2,1H3,(H,17,18). The van der Waals surface area contributed by atoms with E-state index >= 15 is 0 Å². The minimum atomic E-state index is 0.0127. The Morgan fingerprint density at radius 2 is 2.37 bits per heavy atom. The molecule has 19 heavy (non-hydrogen) atoms. The largest absolute Gasteiger partial charge is 0.376 e. The molecule has 1 unspecified atom stereocenters. The molecule has 1 aliphatic heterocycles. The zero-order valence-electron chi connectivity index (χ0n) is 10.2. The maximum Gasteiger partial charge on any atom is 0.228 e. The molecule has 0 bridgehead atoms. The third-order valence-electron chi connectivity index (χ3n) is 3.07. The van der Waals surface area contributed by atoms with Crippen molar-refractivity contribution in [1.82, 2.24) is 4.98 Å². The van der Waals surface area contributed by atoms with Gasteiger partial charge in [0.2, 0.25) is 5.91 Å². The first kappa shape index (κ1) is 12.4. The van der Waals surface area contributed by atoms with Gasteiger partial charge in [-0.15, -0.1) is 11.3 Å². The molecule has 0 saturated heterocycles. The van der Waals surface area contributed by atoms with E-state index in [2.05, 4.69) is 22.5 Å². The Bertz CT molecular complexity index is 627. The van der Waals surface area contributed by atoms with Crippen molar-refractivity contribution in [2.24, 2.45) is 0 Å². The average Bonchev–Trinajstić information content (AvgIpc) is 2.97. The molecule has 0 saturated carbocycles. The summed E-state index contributed by atoms with van der Waals surface area (Å²) in [4.78, 5) is 16.6. The number of aromatic nitrogens is 1. The lowest BCUT2D eigenvalue weighted by atomic mass is 10.1. The molecule has 4 nitrogen and oxygen atoms in total. The minimum Gasteiger partial charge on any atom is -0.376 e. The Hall–Kier alpha value is -1.59. The summed E-state index contributed by atoms with van der Waals surface area (Å²) in [6.45, 7) is 2.06. The molecule has 1 aliphatic rings. The molecule has 1 aromatic carbocycles. The highest BCUT2D eigenvalue weighted by molar-refractivity contribution is 7.09. The third kappa shape index (κ3) is 2.43. The molecule has 1 aromatic heterocycles. The lowest BCUT2D eigenvalue weighted by molar-refractivity contribution is -0.115. The van der Waals surface area contributed by atoms with E-state index in [9.17, 15) is 4.79 Å². The summed E-state index contributed by atoms with van der Waals surface area (Å²) < 4.78 is 0. The molecule has 2 heterocycles. The zero-order valence-corrected chi connectivity index (χ0v) is 11.8. The van der Waals surface area contributed by atoms with Crippen molar-refractivity contribution in [3.8, 4) is 0 Å². The summed E-state index contributed by atoms with van der Waals surface area (Å²) >= 11 is 7.83. The van der Waals surface area contributed by atoms with E-state index in [0.29, 0.717) is 11.4 Å². The fourth-order valence-corrected chi connectivity index (χ4v) is 2.95. The van der Waals surface area contributed by atoms with Gasteiger partial charge in [-0.3, -0.25) is 9.78 Å². The van der Waals surface area contributed by atoms with Crippen LogP contribution in [0.3, 0.4) is 0 Å². The number of rotatable bonds is 3. The number of carbonyl (C=O) groups is 1. The van der Waals surface area contributed by atoms with Gasteiger partial charge >= 0.3 is 0 Å². The number of thiazole rings is 1. The van der Waals surface area contributed by atoms with Crippen molar-refractivity contribution in [3.63, 3.8) is 0 Å². The van der Waals surface area contributed by atoms with Crippen molar-refractivity contribution in [2.75, 3.05) is 10.6 Å². The van der Waals surface area contributed by atoms with E-state index in [0.717, 1.165) is 21.8 Å². The van der Waals surface area contributed by atoms with E-state index in [1.807, 2.05) is 12.3 Å². The Labute approximate surface area is 119 Å². The second-order valence-electron chi connectivity index (χ2n) is 4.48. The van der Waals surface area contributed by atoms with E-state index in [1.165, 1.54) is 0 Å².